The van der Waals surface area contributed by atoms with Gasteiger partial charge in [0.1, 0.15) is 17.4 Å². The molecule has 4 aromatic rings. The fourth-order valence-electron chi connectivity index (χ4n) is 3.28. The number of hydrogen-bond donors (Lipinski definition) is 1. The summed E-state index contributed by atoms with van der Waals surface area (Å²) in [5, 5.41) is 11.9. The van der Waals surface area contributed by atoms with Crippen LogP contribution in [0.3, 0.4) is 0 Å². The lowest BCUT2D eigenvalue weighted by molar-refractivity contribution is 0.288. The number of nitrogen functional groups attached to an aromatic ring is 1. The lowest BCUT2D eigenvalue weighted by Crippen LogP contribution is -2.16. The molecule has 0 bridgehead atoms. The number of ether oxygens (including phenoxy) is 3. The van der Waals surface area contributed by atoms with Crippen LogP contribution < -0.4 is 20.1 Å². The fraction of sp³-hybridized carbons (Fsp3) is 0.261. The number of benzene rings is 2. The lowest BCUT2D eigenvalue weighted by Gasteiger charge is -2.11. The summed E-state index contributed by atoms with van der Waals surface area (Å²) in [6, 6.07) is 11.8. The number of nitrogens with zero attached hydrogens (tertiary/aromatic N) is 4. The van der Waals surface area contributed by atoms with E-state index in [1.54, 1.807) is 25.6 Å². The van der Waals surface area contributed by atoms with Crippen LogP contribution in [-0.4, -0.2) is 34.1 Å². The maximum atomic E-state index is 6.21. The zero-order valence-electron chi connectivity index (χ0n) is 18.9. The molecule has 0 saturated carbocycles. The SMILES string of the molecule is COc1ccc(-c2nc(CSc3nnc(COc4c(C)cccc4C)n3N)cs2)cc1OC. The Hall–Kier alpha value is -3.24. The molecule has 0 amide bonds. The van der Waals surface area contributed by atoms with Gasteiger partial charge in [0.05, 0.1) is 19.9 Å². The first-order valence-electron chi connectivity index (χ1n) is 10.2. The van der Waals surface area contributed by atoms with Crippen molar-refractivity contribution >= 4 is 23.1 Å². The summed E-state index contributed by atoms with van der Waals surface area (Å²) in [5.41, 5.74) is 4.05. The molecule has 0 spiro atoms. The van der Waals surface area contributed by atoms with Crippen molar-refractivity contribution in [3.05, 3.63) is 64.4 Å². The first-order valence-corrected chi connectivity index (χ1v) is 12.0. The molecule has 2 heterocycles. The Bertz CT molecular complexity index is 1230. The number of rotatable bonds is 9. The van der Waals surface area contributed by atoms with Crippen molar-refractivity contribution in [2.24, 2.45) is 0 Å². The van der Waals surface area contributed by atoms with Gasteiger partial charge >= 0.3 is 0 Å². The van der Waals surface area contributed by atoms with E-state index in [0.717, 1.165) is 33.1 Å². The Morgan fingerprint density at radius 1 is 1.03 bits per heavy atom. The summed E-state index contributed by atoms with van der Waals surface area (Å²) >= 11 is 3.05. The molecule has 10 heteroatoms. The van der Waals surface area contributed by atoms with Gasteiger partial charge in [0, 0.05) is 16.7 Å². The van der Waals surface area contributed by atoms with Crippen LogP contribution in [0.5, 0.6) is 17.2 Å². The molecule has 0 radical (unpaired) electrons. The zero-order valence-corrected chi connectivity index (χ0v) is 20.5. The Morgan fingerprint density at radius 3 is 2.52 bits per heavy atom. The van der Waals surface area contributed by atoms with E-state index in [1.165, 1.54) is 16.4 Å². The maximum absolute atomic E-state index is 6.21. The summed E-state index contributed by atoms with van der Waals surface area (Å²) in [6.45, 7) is 4.28. The lowest BCUT2D eigenvalue weighted by atomic mass is 10.1. The van der Waals surface area contributed by atoms with Gasteiger partial charge in [-0.05, 0) is 43.2 Å². The molecule has 0 aliphatic heterocycles. The number of aryl methyl sites for hydroxylation is 2. The van der Waals surface area contributed by atoms with Gasteiger partial charge < -0.3 is 20.1 Å². The predicted molar refractivity (Wildman–Crippen MR) is 131 cm³/mol. The number of aromatic nitrogens is 4. The van der Waals surface area contributed by atoms with Crippen molar-refractivity contribution in [3.8, 4) is 27.8 Å². The highest BCUT2D eigenvalue weighted by molar-refractivity contribution is 7.98. The van der Waals surface area contributed by atoms with Gasteiger partial charge in [-0.25, -0.2) is 9.66 Å². The standard InChI is InChI=1S/C23H25N5O3S2/c1-14-6-5-7-15(2)21(14)31-11-20-26-27-23(28(20)24)33-13-17-12-32-22(25-17)16-8-9-18(29-3)19(10-16)30-4/h5-10,12H,11,13,24H2,1-4H3. The van der Waals surface area contributed by atoms with Gasteiger partial charge in [0.15, 0.2) is 17.3 Å². The molecule has 0 unspecified atom stereocenters. The molecule has 0 saturated heterocycles. The molecular weight excluding hydrogens is 458 g/mol. The monoisotopic (exact) mass is 483 g/mol. The van der Waals surface area contributed by atoms with E-state index in [4.69, 9.17) is 25.0 Å². The number of methoxy groups -OCH3 is 2. The Morgan fingerprint density at radius 2 is 1.79 bits per heavy atom. The summed E-state index contributed by atoms with van der Waals surface area (Å²) in [6.07, 6.45) is 0. The first kappa shape index (κ1) is 22.9. The second-order valence-corrected chi connectivity index (χ2v) is 9.08. The molecule has 2 aromatic heterocycles. The van der Waals surface area contributed by atoms with E-state index in [2.05, 4.69) is 10.2 Å². The predicted octanol–water partition coefficient (Wildman–Crippen LogP) is 4.62. The van der Waals surface area contributed by atoms with Gasteiger partial charge in [-0.1, -0.05) is 30.0 Å². The average Bonchev–Trinajstić information content (AvgIpc) is 3.43. The van der Waals surface area contributed by atoms with Gasteiger partial charge in [-0.15, -0.1) is 21.5 Å². The molecule has 33 heavy (non-hydrogen) atoms. The quantitative estimate of drug-likeness (QED) is 0.272. The molecule has 0 atom stereocenters. The van der Waals surface area contributed by atoms with Crippen LogP contribution >= 0.6 is 23.1 Å². The van der Waals surface area contributed by atoms with Crippen molar-refractivity contribution in [2.75, 3.05) is 20.1 Å². The molecule has 8 nitrogen and oxygen atoms in total. The Kier molecular flexibility index (Phi) is 7.05. The van der Waals surface area contributed by atoms with Gasteiger partial charge in [-0.2, -0.15) is 0 Å². The van der Waals surface area contributed by atoms with E-state index < -0.39 is 0 Å². The van der Waals surface area contributed by atoms with E-state index in [9.17, 15) is 0 Å². The largest absolute Gasteiger partial charge is 0.493 e. The highest BCUT2D eigenvalue weighted by Gasteiger charge is 2.14. The third kappa shape index (κ3) is 5.07. The van der Waals surface area contributed by atoms with Crippen molar-refractivity contribution in [1.82, 2.24) is 19.9 Å². The van der Waals surface area contributed by atoms with Gasteiger partial charge in [-0.3, -0.25) is 0 Å². The van der Waals surface area contributed by atoms with E-state index in [1.807, 2.05) is 55.6 Å². The van der Waals surface area contributed by atoms with Crippen molar-refractivity contribution in [2.45, 2.75) is 31.4 Å². The molecule has 2 N–H and O–H groups in total. The van der Waals surface area contributed by atoms with Crippen LogP contribution in [0, 0.1) is 13.8 Å². The highest BCUT2D eigenvalue weighted by atomic mass is 32.2. The van der Waals surface area contributed by atoms with Crippen LogP contribution in [0.1, 0.15) is 22.6 Å². The van der Waals surface area contributed by atoms with Crippen LogP contribution in [0.4, 0.5) is 0 Å². The summed E-state index contributed by atoms with van der Waals surface area (Å²) < 4.78 is 18.1. The van der Waals surface area contributed by atoms with Crippen molar-refractivity contribution in [3.63, 3.8) is 0 Å². The van der Waals surface area contributed by atoms with Gasteiger partial charge in [0.2, 0.25) is 5.16 Å². The second-order valence-electron chi connectivity index (χ2n) is 7.28. The molecule has 172 valence electrons. The summed E-state index contributed by atoms with van der Waals surface area (Å²) in [4.78, 5) is 4.74. The summed E-state index contributed by atoms with van der Waals surface area (Å²) in [7, 11) is 3.24. The normalized spacial score (nSPS) is 10.9. The number of para-hydroxylation sites is 1. The molecule has 0 aliphatic carbocycles. The maximum Gasteiger partial charge on any atom is 0.210 e. The number of hydrogen-bond acceptors (Lipinski definition) is 9. The van der Waals surface area contributed by atoms with E-state index >= 15 is 0 Å². The molecule has 0 aliphatic rings. The topological polar surface area (TPSA) is 97.3 Å². The fourth-order valence-corrected chi connectivity index (χ4v) is 4.97. The third-order valence-corrected chi connectivity index (χ3v) is 6.94. The van der Waals surface area contributed by atoms with E-state index in [-0.39, 0.29) is 6.61 Å². The van der Waals surface area contributed by atoms with Crippen LogP contribution in [-0.2, 0) is 12.4 Å². The van der Waals surface area contributed by atoms with Crippen LogP contribution in [0.15, 0.2) is 46.9 Å². The molecular formula is C23H25N5O3S2. The summed E-state index contributed by atoms with van der Waals surface area (Å²) in [5.74, 6) is 9.60. The third-order valence-electron chi connectivity index (χ3n) is 5.02. The number of nitrogens with two attached hydrogens (primary N) is 1. The number of thioether (sulfide) groups is 1. The number of thiazole rings is 1. The van der Waals surface area contributed by atoms with Crippen LogP contribution in [0.25, 0.3) is 10.6 Å². The smallest absolute Gasteiger partial charge is 0.210 e. The Balaban J connectivity index is 1.40. The molecule has 4 rings (SSSR count). The second kappa shape index (κ2) is 10.1. The average molecular weight is 484 g/mol. The van der Waals surface area contributed by atoms with Gasteiger partial charge in [0.25, 0.3) is 0 Å². The zero-order chi connectivity index (χ0) is 23.4. The molecule has 2 aromatic carbocycles. The minimum Gasteiger partial charge on any atom is -0.493 e. The van der Waals surface area contributed by atoms with Crippen LogP contribution in [0.2, 0.25) is 0 Å². The van der Waals surface area contributed by atoms with Crippen molar-refractivity contribution < 1.29 is 14.2 Å². The Labute approximate surface area is 200 Å². The van der Waals surface area contributed by atoms with Crippen molar-refractivity contribution in [1.29, 1.82) is 0 Å². The highest BCUT2D eigenvalue weighted by Crippen LogP contribution is 2.34. The minimum absolute atomic E-state index is 0.246. The molecule has 0 fully saturated rings. The minimum atomic E-state index is 0.246. The first-order chi connectivity index (χ1) is 16.0. The van der Waals surface area contributed by atoms with E-state index in [0.29, 0.717) is 28.2 Å².